The van der Waals surface area contributed by atoms with Crippen LogP contribution in [0.3, 0.4) is 0 Å². The molecular weight excluding hydrogens is 321 g/mol. The number of piperidine rings is 1. The van der Waals surface area contributed by atoms with Gasteiger partial charge in [0, 0.05) is 19.0 Å². The van der Waals surface area contributed by atoms with Gasteiger partial charge in [-0.1, -0.05) is 0 Å². The Morgan fingerprint density at radius 1 is 1.26 bits per heavy atom. The van der Waals surface area contributed by atoms with E-state index in [0.717, 1.165) is 32.4 Å². The van der Waals surface area contributed by atoms with Gasteiger partial charge in [-0.25, -0.2) is 4.39 Å². The molecule has 7 heteroatoms. The van der Waals surface area contributed by atoms with Gasteiger partial charge in [0.25, 0.3) is 0 Å². The van der Waals surface area contributed by atoms with Crippen molar-refractivity contribution in [3.8, 4) is 0 Å². The van der Waals surface area contributed by atoms with Gasteiger partial charge in [-0.3, -0.25) is 9.59 Å². The number of anilines is 2. The Morgan fingerprint density at radius 2 is 1.96 bits per heavy atom. The van der Waals surface area contributed by atoms with Gasteiger partial charge < -0.3 is 16.0 Å². The lowest BCUT2D eigenvalue weighted by atomic mass is 9.93. The van der Waals surface area contributed by atoms with E-state index in [9.17, 15) is 14.0 Å². The number of carbonyl (C=O) groups excluding carboxylic acids is 2. The van der Waals surface area contributed by atoms with Crippen molar-refractivity contribution in [3.05, 3.63) is 24.0 Å². The fourth-order valence-corrected chi connectivity index (χ4v) is 2.62. The molecule has 128 valence electrons. The first-order valence-corrected chi connectivity index (χ1v) is 7.62. The summed E-state index contributed by atoms with van der Waals surface area (Å²) in [4.78, 5) is 23.0. The van der Waals surface area contributed by atoms with Crippen LogP contribution >= 0.6 is 12.4 Å². The molecule has 1 aromatic rings. The van der Waals surface area contributed by atoms with Crippen LogP contribution in [0.1, 0.15) is 32.6 Å². The van der Waals surface area contributed by atoms with Gasteiger partial charge in [-0.15, -0.1) is 12.4 Å². The van der Waals surface area contributed by atoms with Crippen LogP contribution in [-0.2, 0) is 9.59 Å². The Labute approximate surface area is 141 Å². The molecule has 5 nitrogen and oxygen atoms in total. The summed E-state index contributed by atoms with van der Waals surface area (Å²) >= 11 is 0. The third-order valence-electron chi connectivity index (χ3n) is 3.80. The van der Waals surface area contributed by atoms with E-state index < -0.39 is 5.82 Å². The van der Waals surface area contributed by atoms with Crippen molar-refractivity contribution in [1.29, 1.82) is 0 Å². The maximum atomic E-state index is 13.7. The van der Waals surface area contributed by atoms with Gasteiger partial charge in [-0.05, 0) is 56.5 Å². The molecule has 0 unspecified atom stereocenters. The van der Waals surface area contributed by atoms with Crippen LogP contribution < -0.4 is 16.0 Å². The summed E-state index contributed by atoms with van der Waals surface area (Å²) < 4.78 is 13.7. The zero-order valence-electron chi connectivity index (χ0n) is 13.2. The minimum absolute atomic E-state index is 0. The molecule has 0 aromatic heterocycles. The van der Waals surface area contributed by atoms with Gasteiger partial charge in [-0.2, -0.15) is 0 Å². The first-order chi connectivity index (χ1) is 10.5. The largest absolute Gasteiger partial charge is 0.326 e. The highest BCUT2D eigenvalue weighted by atomic mass is 35.5. The lowest BCUT2D eigenvalue weighted by molar-refractivity contribution is -0.116. The molecule has 0 bridgehead atoms. The van der Waals surface area contributed by atoms with Crippen LogP contribution in [0, 0.1) is 11.7 Å². The quantitative estimate of drug-likeness (QED) is 0.770. The van der Waals surface area contributed by atoms with Gasteiger partial charge in [0.05, 0.1) is 5.69 Å². The van der Waals surface area contributed by atoms with Gasteiger partial charge >= 0.3 is 0 Å². The van der Waals surface area contributed by atoms with Crippen molar-refractivity contribution in [2.24, 2.45) is 5.92 Å². The zero-order valence-corrected chi connectivity index (χ0v) is 14.0. The molecule has 2 rings (SSSR count). The standard InChI is InChI=1S/C16H22FN3O2.ClH/c1-11(21)19-13-3-4-14(17)15(10-13)20-16(22)5-2-12-6-8-18-9-7-12;/h3-4,10,12,18H,2,5-9H2,1H3,(H,19,21)(H,20,22);1H. The molecule has 3 N–H and O–H groups in total. The highest BCUT2D eigenvalue weighted by molar-refractivity contribution is 5.93. The van der Waals surface area contributed by atoms with Crippen molar-refractivity contribution >= 4 is 35.6 Å². The van der Waals surface area contributed by atoms with Crippen LogP contribution in [0.2, 0.25) is 0 Å². The Bertz CT molecular complexity index is 548. The SMILES string of the molecule is CC(=O)Nc1ccc(F)c(NC(=O)CCC2CCNCC2)c1.Cl. The Hall–Kier alpha value is -1.66. The first-order valence-electron chi connectivity index (χ1n) is 7.62. The molecular formula is C16H23ClFN3O2. The Kier molecular flexibility index (Phi) is 7.98. The summed E-state index contributed by atoms with van der Waals surface area (Å²) in [6.07, 6.45) is 3.37. The number of amides is 2. The summed E-state index contributed by atoms with van der Waals surface area (Å²) in [5, 5.41) is 8.43. The van der Waals surface area contributed by atoms with Crippen LogP contribution in [-0.4, -0.2) is 24.9 Å². The minimum atomic E-state index is -0.510. The van der Waals surface area contributed by atoms with E-state index in [0.29, 0.717) is 18.0 Å². The van der Waals surface area contributed by atoms with E-state index >= 15 is 0 Å². The number of carbonyl (C=O) groups is 2. The smallest absolute Gasteiger partial charge is 0.224 e. The fraction of sp³-hybridized carbons (Fsp3) is 0.500. The predicted octanol–water partition coefficient (Wildman–Crippen LogP) is 2.92. The van der Waals surface area contributed by atoms with Crippen molar-refractivity contribution in [3.63, 3.8) is 0 Å². The zero-order chi connectivity index (χ0) is 15.9. The monoisotopic (exact) mass is 343 g/mol. The molecule has 0 saturated carbocycles. The lowest BCUT2D eigenvalue weighted by Gasteiger charge is -2.22. The minimum Gasteiger partial charge on any atom is -0.326 e. The molecule has 0 spiro atoms. The van der Waals surface area contributed by atoms with E-state index in [1.165, 1.54) is 25.1 Å². The fourth-order valence-electron chi connectivity index (χ4n) is 2.62. The molecule has 23 heavy (non-hydrogen) atoms. The Morgan fingerprint density at radius 3 is 2.61 bits per heavy atom. The average Bonchev–Trinajstić information content (AvgIpc) is 2.49. The van der Waals surface area contributed by atoms with Crippen molar-refractivity contribution in [2.75, 3.05) is 23.7 Å². The molecule has 2 amide bonds. The topological polar surface area (TPSA) is 70.2 Å². The van der Waals surface area contributed by atoms with Crippen molar-refractivity contribution < 1.29 is 14.0 Å². The second-order valence-corrected chi connectivity index (χ2v) is 5.66. The number of rotatable bonds is 5. The molecule has 0 radical (unpaired) electrons. The first kappa shape index (κ1) is 19.4. The van der Waals surface area contributed by atoms with Gasteiger partial charge in [0.1, 0.15) is 5.82 Å². The van der Waals surface area contributed by atoms with Crippen LogP contribution in [0.25, 0.3) is 0 Å². The highest BCUT2D eigenvalue weighted by Crippen LogP contribution is 2.21. The van der Waals surface area contributed by atoms with Crippen LogP contribution in [0.15, 0.2) is 18.2 Å². The average molecular weight is 344 g/mol. The molecule has 1 aliphatic rings. The van der Waals surface area contributed by atoms with Gasteiger partial charge in [0.2, 0.25) is 11.8 Å². The lowest BCUT2D eigenvalue weighted by Crippen LogP contribution is -2.28. The predicted molar refractivity (Wildman–Crippen MR) is 91.4 cm³/mol. The molecule has 1 aromatic carbocycles. The van der Waals surface area contributed by atoms with Crippen LogP contribution in [0.4, 0.5) is 15.8 Å². The van der Waals surface area contributed by atoms with E-state index in [4.69, 9.17) is 0 Å². The molecule has 1 aliphatic heterocycles. The van der Waals surface area contributed by atoms with E-state index in [-0.39, 0.29) is 29.9 Å². The molecule has 1 fully saturated rings. The highest BCUT2D eigenvalue weighted by Gasteiger charge is 2.15. The summed E-state index contributed by atoms with van der Waals surface area (Å²) in [7, 11) is 0. The van der Waals surface area contributed by atoms with Crippen molar-refractivity contribution in [1.82, 2.24) is 5.32 Å². The Balaban J connectivity index is 0.00000264. The number of hydrogen-bond acceptors (Lipinski definition) is 3. The third kappa shape index (κ3) is 6.54. The van der Waals surface area contributed by atoms with Gasteiger partial charge in [0.15, 0.2) is 0 Å². The molecule has 1 heterocycles. The molecule has 0 atom stereocenters. The molecule has 0 aliphatic carbocycles. The summed E-state index contributed by atoms with van der Waals surface area (Å²) in [5.74, 6) is -0.390. The van der Waals surface area contributed by atoms with E-state index in [1.54, 1.807) is 0 Å². The third-order valence-corrected chi connectivity index (χ3v) is 3.80. The van der Waals surface area contributed by atoms with E-state index in [1.807, 2.05) is 0 Å². The number of benzene rings is 1. The number of nitrogens with one attached hydrogen (secondary N) is 3. The number of halogens is 2. The normalized spacial score (nSPS) is 14.7. The maximum absolute atomic E-state index is 13.7. The number of hydrogen-bond donors (Lipinski definition) is 3. The second-order valence-electron chi connectivity index (χ2n) is 5.66. The second kappa shape index (κ2) is 9.47. The summed E-state index contributed by atoms with van der Waals surface area (Å²) in [6, 6.07) is 4.12. The maximum Gasteiger partial charge on any atom is 0.224 e. The van der Waals surface area contributed by atoms with Crippen molar-refractivity contribution in [2.45, 2.75) is 32.6 Å². The summed E-state index contributed by atoms with van der Waals surface area (Å²) in [5.41, 5.74) is 0.559. The molecule has 1 saturated heterocycles. The van der Waals surface area contributed by atoms with E-state index in [2.05, 4.69) is 16.0 Å². The summed E-state index contributed by atoms with van der Waals surface area (Å²) in [6.45, 7) is 3.37. The van der Waals surface area contributed by atoms with Crippen LogP contribution in [0.5, 0.6) is 0 Å².